The maximum Gasteiger partial charge on any atom is 0.404 e. The lowest BCUT2D eigenvalue weighted by atomic mass is 10.3. The topological polar surface area (TPSA) is 55.8 Å². The van der Waals surface area contributed by atoms with Crippen LogP contribution in [0, 0.1) is 0 Å². The first-order valence-electron chi connectivity index (χ1n) is 5.56. The lowest BCUT2D eigenvalue weighted by Gasteiger charge is -2.19. The summed E-state index contributed by atoms with van der Waals surface area (Å²) in [7, 11) is 2.15. The highest BCUT2D eigenvalue weighted by Gasteiger charge is 2.11. The van der Waals surface area contributed by atoms with Gasteiger partial charge in [0.15, 0.2) is 0 Å². The molecule has 0 aromatic carbocycles. The van der Waals surface area contributed by atoms with E-state index in [-0.39, 0.29) is 0 Å². The van der Waals surface area contributed by atoms with Crippen LogP contribution in [0.5, 0.6) is 0 Å². The van der Waals surface area contributed by atoms with Crippen molar-refractivity contribution in [1.29, 1.82) is 0 Å². The molecular weight excluding hydrogens is 194 g/mol. The van der Waals surface area contributed by atoms with Gasteiger partial charge in [0, 0.05) is 19.6 Å². The van der Waals surface area contributed by atoms with Gasteiger partial charge >= 0.3 is 6.09 Å². The molecule has 1 rings (SSSR count). The fraction of sp³-hybridized carbons (Fsp3) is 0.900. The van der Waals surface area contributed by atoms with Crippen molar-refractivity contribution in [3.05, 3.63) is 0 Å². The molecule has 15 heavy (non-hydrogen) atoms. The van der Waals surface area contributed by atoms with Crippen molar-refractivity contribution in [2.45, 2.75) is 12.8 Å². The first-order valence-corrected chi connectivity index (χ1v) is 5.56. The number of nitrogens with one attached hydrogen (secondary N) is 1. The number of amides is 1. The number of nitrogens with zero attached hydrogens (tertiary/aromatic N) is 2. The van der Waals surface area contributed by atoms with E-state index < -0.39 is 6.09 Å². The molecule has 0 aliphatic carbocycles. The van der Waals surface area contributed by atoms with Crippen LogP contribution in [0.1, 0.15) is 12.8 Å². The summed E-state index contributed by atoms with van der Waals surface area (Å²) >= 11 is 0. The van der Waals surface area contributed by atoms with Crippen molar-refractivity contribution in [2.75, 3.05) is 46.3 Å². The van der Waals surface area contributed by atoms with Crippen LogP contribution in [0.3, 0.4) is 0 Å². The number of likely N-dealkylation sites (N-methyl/N-ethyl adjacent to an activating group) is 1. The van der Waals surface area contributed by atoms with Gasteiger partial charge in [0.2, 0.25) is 0 Å². The first kappa shape index (κ1) is 12.3. The van der Waals surface area contributed by atoms with Gasteiger partial charge < -0.3 is 20.2 Å². The molecule has 1 aliphatic heterocycles. The quantitative estimate of drug-likeness (QED) is 0.661. The van der Waals surface area contributed by atoms with E-state index in [1.165, 1.54) is 13.0 Å². The second-order valence-electron chi connectivity index (χ2n) is 4.08. The van der Waals surface area contributed by atoms with Crippen LogP contribution in [0.15, 0.2) is 0 Å². The summed E-state index contributed by atoms with van der Waals surface area (Å²) in [5, 5.41) is 10.8. The number of hydrogen-bond donors (Lipinski definition) is 2. The zero-order valence-electron chi connectivity index (χ0n) is 9.41. The fourth-order valence-corrected chi connectivity index (χ4v) is 1.82. The zero-order chi connectivity index (χ0) is 11.1. The third-order valence-corrected chi connectivity index (χ3v) is 2.74. The van der Waals surface area contributed by atoms with E-state index in [0.717, 1.165) is 32.6 Å². The molecule has 88 valence electrons. The zero-order valence-corrected chi connectivity index (χ0v) is 9.41. The van der Waals surface area contributed by atoms with Crippen LogP contribution in [0.2, 0.25) is 0 Å². The lowest BCUT2D eigenvalue weighted by Crippen LogP contribution is -2.32. The third-order valence-electron chi connectivity index (χ3n) is 2.74. The molecule has 1 heterocycles. The summed E-state index contributed by atoms with van der Waals surface area (Å²) in [6, 6.07) is 0. The van der Waals surface area contributed by atoms with Crippen molar-refractivity contribution in [3.8, 4) is 0 Å². The van der Waals surface area contributed by atoms with E-state index in [2.05, 4.69) is 22.2 Å². The lowest BCUT2D eigenvalue weighted by molar-refractivity contribution is 0.193. The number of rotatable bonds is 4. The Morgan fingerprint density at radius 2 is 2.13 bits per heavy atom. The largest absolute Gasteiger partial charge is 0.465 e. The summed E-state index contributed by atoms with van der Waals surface area (Å²) in [6.45, 7) is 6.08. The predicted molar refractivity (Wildman–Crippen MR) is 59.2 cm³/mol. The molecule has 5 nitrogen and oxygen atoms in total. The summed E-state index contributed by atoms with van der Waals surface area (Å²) in [6.07, 6.45) is 1.18. The predicted octanol–water partition coefficient (Wildman–Crippen LogP) is 0.282. The van der Waals surface area contributed by atoms with Crippen molar-refractivity contribution in [3.63, 3.8) is 0 Å². The molecule has 0 aromatic rings. The van der Waals surface area contributed by atoms with Gasteiger partial charge in [0.1, 0.15) is 0 Å². The molecule has 1 aliphatic rings. The summed E-state index contributed by atoms with van der Waals surface area (Å²) in [5.41, 5.74) is 0. The van der Waals surface area contributed by atoms with Gasteiger partial charge in [-0.3, -0.25) is 0 Å². The van der Waals surface area contributed by atoms with E-state index in [1.807, 2.05) is 0 Å². The number of carboxylic acid groups (broad SMARTS) is 1. The normalized spacial score (nSPS) is 19.8. The Kier molecular flexibility index (Phi) is 5.42. The fourth-order valence-electron chi connectivity index (χ4n) is 1.82. The van der Waals surface area contributed by atoms with Gasteiger partial charge in [-0.25, -0.2) is 4.79 Å². The van der Waals surface area contributed by atoms with Crippen molar-refractivity contribution >= 4 is 6.09 Å². The molecule has 1 saturated heterocycles. The van der Waals surface area contributed by atoms with Crippen LogP contribution < -0.4 is 5.32 Å². The molecule has 0 saturated carbocycles. The van der Waals surface area contributed by atoms with Gasteiger partial charge in [-0.1, -0.05) is 0 Å². The van der Waals surface area contributed by atoms with Gasteiger partial charge in [-0.05, 0) is 39.5 Å². The minimum absolute atomic E-state index is 0.557. The van der Waals surface area contributed by atoms with Crippen LogP contribution in [0.4, 0.5) is 4.79 Å². The first-order chi connectivity index (χ1) is 7.18. The maximum atomic E-state index is 10.2. The second-order valence-corrected chi connectivity index (χ2v) is 4.08. The van der Waals surface area contributed by atoms with E-state index in [9.17, 15) is 4.79 Å². The molecule has 0 radical (unpaired) electrons. The standard InChI is InChI=1S/C10H21N3O2/c1-12-5-3-7-13(9-8-12)6-2-4-11-10(14)15/h11H,2-9H2,1H3,(H,14,15). The highest BCUT2D eigenvalue weighted by Crippen LogP contribution is 2.01. The van der Waals surface area contributed by atoms with E-state index in [1.54, 1.807) is 0 Å². The monoisotopic (exact) mass is 215 g/mol. The Morgan fingerprint density at radius 1 is 1.33 bits per heavy atom. The molecule has 0 unspecified atom stereocenters. The Bertz CT molecular complexity index is 199. The third kappa shape index (κ3) is 5.59. The van der Waals surface area contributed by atoms with Gasteiger partial charge in [0.25, 0.3) is 0 Å². The van der Waals surface area contributed by atoms with Crippen LogP contribution in [-0.4, -0.2) is 67.3 Å². The van der Waals surface area contributed by atoms with Crippen molar-refractivity contribution in [2.24, 2.45) is 0 Å². The molecule has 0 bridgehead atoms. The van der Waals surface area contributed by atoms with Crippen LogP contribution >= 0.6 is 0 Å². The molecule has 2 N–H and O–H groups in total. The molecule has 0 atom stereocenters. The minimum Gasteiger partial charge on any atom is -0.465 e. The molecule has 1 amide bonds. The van der Waals surface area contributed by atoms with Gasteiger partial charge in [-0.15, -0.1) is 0 Å². The number of hydrogen-bond acceptors (Lipinski definition) is 3. The van der Waals surface area contributed by atoms with E-state index >= 15 is 0 Å². The number of carbonyl (C=O) groups is 1. The summed E-state index contributed by atoms with van der Waals surface area (Å²) < 4.78 is 0. The van der Waals surface area contributed by atoms with Gasteiger partial charge in [0.05, 0.1) is 0 Å². The molecular formula is C10H21N3O2. The van der Waals surface area contributed by atoms with Crippen molar-refractivity contribution in [1.82, 2.24) is 15.1 Å². The highest BCUT2D eigenvalue weighted by atomic mass is 16.4. The molecule has 0 aromatic heterocycles. The average molecular weight is 215 g/mol. The molecule has 1 fully saturated rings. The van der Waals surface area contributed by atoms with E-state index in [4.69, 9.17) is 5.11 Å². The Labute approximate surface area is 91.0 Å². The maximum absolute atomic E-state index is 10.2. The average Bonchev–Trinajstić information content (AvgIpc) is 2.38. The van der Waals surface area contributed by atoms with Crippen molar-refractivity contribution < 1.29 is 9.90 Å². The van der Waals surface area contributed by atoms with Gasteiger partial charge in [-0.2, -0.15) is 0 Å². The smallest absolute Gasteiger partial charge is 0.404 e. The SMILES string of the molecule is CN1CCCN(CCCNC(=O)O)CC1. The van der Waals surface area contributed by atoms with Crippen LogP contribution in [0.25, 0.3) is 0 Å². The second kappa shape index (κ2) is 6.63. The van der Waals surface area contributed by atoms with E-state index in [0.29, 0.717) is 6.54 Å². The van der Waals surface area contributed by atoms with Crippen LogP contribution in [-0.2, 0) is 0 Å². The summed E-state index contributed by atoms with van der Waals surface area (Å²) in [4.78, 5) is 15.0. The Morgan fingerprint density at radius 3 is 2.87 bits per heavy atom. The Balaban J connectivity index is 2.07. The Hall–Kier alpha value is -0.810. The highest BCUT2D eigenvalue weighted by molar-refractivity contribution is 5.64. The minimum atomic E-state index is -0.925. The molecule has 5 heteroatoms. The summed E-state index contributed by atoms with van der Waals surface area (Å²) in [5.74, 6) is 0. The molecule has 0 spiro atoms.